The minimum Gasteiger partial charge on any atom is -0.339 e. The lowest BCUT2D eigenvalue weighted by molar-refractivity contribution is 0.211. The van der Waals surface area contributed by atoms with E-state index in [2.05, 4.69) is 32.0 Å². The predicted molar refractivity (Wildman–Crippen MR) is 76.4 cm³/mol. The molecule has 0 aromatic carbocycles. The van der Waals surface area contributed by atoms with Crippen molar-refractivity contribution in [2.75, 3.05) is 6.54 Å². The molecular weight excluding hydrogens is 268 g/mol. The van der Waals surface area contributed by atoms with Gasteiger partial charge in [0.25, 0.3) is 0 Å². The molecule has 1 unspecified atom stereocenters. The summed E-state index contributed by atoms with van der Waals surface area (Å²) in [4.78, 5) is 10.9. The van der Waals surface area contributed by atoms with Crippen LogP contribution >= 0.6 is 0 Å². The van der Waals surface area contributed by atoms with Crippen LogP contribution in [0.2, 0.25) is 0 Å². The van der Waals surface area contributed by atoms with Crippen molar-refractivity contribution in [1.29, 1.82) is 0 Å². The molecule has 1 aliphatic heterocycles. The van der Waals surface area contributed by atoms with Gasteiger partial charge in [-0.25, -0.2) is 4.98 Å². The molecule has 3 heterocycles. The standard InChI is InChI=1S/C14H22N6O/c1-2-3-6-14-17-13(18-21-14)9-19-7-4-5-12(19)8-20-11-15-10-16-20/h10-12H,2-9H2,1H3. The van der Waals surface area contributed by atoms with Gasteiger partial charge < -0.3 is 4.52 Å². The number of nitrogens with zero attached hydrogens (tertiary/aromatic N) is 6. The van der Waals surface area contributed by atoms with Crippen LogP contribution in [0.5, 0.6) is 0 Å². The van der Waals surface area contributed by atoms with Crippen LogP contribution in [-0.4, -0.2) is 42.4 Å². The first kappa shape index (κ1) is 14.2. The number of rotatable bonds is 7. The summed E-state index contributed by atoms with van der Waals surface area (Å²) < 4.78 is 7.20. The average Bonchev–Trinajstić information content (AvgIpc) is 3.21. The van der Waals surface area contributed by atoms with Crippen LogP contribution in [-0.2, 0) is 19.5 Å². The van der Waals surface area contributed by atoms with E-state index in [0.29, 0.717) is 6.04 Å². The Hall–Kier alpha value is -1.76. The van der Waals surface area contributed by atoms with Crippen LogP contribution in [0.25, 0.3) is 0 Å². The summed E-state index contributed by atoms with van der Waals surface area (Å²) in [5, 5.41) is 8.29. The highest BCUT2D eigenvalue weighted by Gasteiger charge is 2.26. The van der Waals surface area contributed by atoms with Gasteiger partial charge in [0.1, 0.15) is 12.7 Å². The molecule has 0 amide bonds. The molecule has 1 atom stereocenters. The van der Waals surface area contributed by atoms with Crippen LogP contribution in [0.1, 0.15) is 44.3 Å². The molecule has 7 heteroatoms. The Bertz CT molecular complexity index is 537. The summed E-state index contributed by atoms with van der Waals surface area (Å²) in [5.74, 6) is 1.56. The van der Waals surface area contributed by atoms with Crippen molar-refractivity contribution < 1.29 is 4.52 Å². The van der Waals surface area contributed by atoms with Crippen LogP contribution in [0, 0.1) is 0 Å². The normalized spacial score (nSPS) is 19.4. The average molecular weight is 290 g/mol. The third-order valence-corrected chi connectivity index (χ3v) is 3.96. The molecule has 1 aliphatic rings. The van der Waals surface area contributed by atoms with E-state index in [1.54, 1.807) is 12.7 Å². The van der Waals surface area contributed by atoms with Crippen LogP contribution < -0.4 is 0 Å². The number of hydrogen-bond acceptors (Lipinski definition) is 6. The minimum atomic E-state index is 0.476. The number of aryl methyl sites for hydroxylation is 1. The van der Waals surface area contributed by atoms with Crippen LogP contribution in [0.3, 0.4) is 0 Å². The first-order valence-electron chi connectivity index (χ1n) is 7.73. The molecule has 2 aromatic heterocycles. The van der Waals surface area contributed by atoms with Gasteiger partial charge >= 0.3 is 0 Å². The lowest BCUT2D eigenvalue weighted by atomic mass is 10.2. The fourth-order valence-electron chi connectivity index (χ4n) is 2.82. The zero-order chi connectivity index (χ0) is 14.5. The van der Waals surface area contributed by atoms with E-state index in [-0.39, 0.29) is 0 Å². The van der Waals surface area contributed by atoms with Gasteiger partial charge in [-0.1, -0.05) is 18.5 Å². The first-order chi connectivity index (χ1) is 10.3. The Morgan fingerprint density at radius 3 is 3.19 bits per heavy atom. The quantitative estimate of drug-likeness (QED) is 0.772. The smallest absolute Gasteiger partial charge is 0.226 e. The molecule has 0 bridgehead atoms. The molecule has 0 spiro atoms. The van der Waals surface area contributed by atoms with E-state index >= 15 is 0 Å². The maximum Gasteiger partial charge on any atom is 0.226 e. The van der Waals surface area contributed by atoms with E-state index in [0.717, 1.165) is 50.6 Å². The van der Waals surface area contributed by atoms with E-state index in [1.165, 1.54) is 12.8 Å². The lowest BCUT2D eigenvalue weighted by Gasteiger charge is -2.22. The van der Waals surface area contributed by atoms with E-state index in [4.69, 9.17) is 4.52 Å². The molecule has 2 aromatic rings. The molecule has 1 fully saturated rings. The van der Waals surface area contributed by atoms with Crippen LogP contribution in [0.15, 0.2) is 17.2 Å². The number of aromatic nitrogens is 5. The van der Waals surface area contributed by atoms with Gasteiger partial charge in [0.05, 0.1) is 13.1 Å². The van der Waals surface area contributed by atoms with Crippen molar-refractivity contribution in [2.45, 2.75) is 58.2 Å². The summed E-state index contributed by atoms with van der Waals surface area (Å²) >= 11 is 0. The predicted octanol–water partition coefficient (Wildman–Crippen LogP) is 1.67. The van der Waals surface area contributed by atoms with E-state index in [9.17, 15) is 0 Å². The summed E-state index contributed by atoms with van der Waals surface area (Å²) in [6, 6.07) is 0.476. The summed E-state index contributed by atoms with van der Waals surface area (Å²) in [7, 11) is 0. The molecule has 0 radical (unpaired) electrons. The highest BCUT2D eigenvalue weighted by Crippen LogP contribution is 2.20. The fourth-order valence-corrected chi connectivity index (χ4v) is 2.82. The summed E-state index contributed by atoms with van der Waals surface area (Å²) in [6.07, 6.45) is 8.86. The number of unbranched alkanes of at least 4 members (excludes halogenated alkanes) is 1. The molecule has 114 valence electrons. The van der Waals surface area contributed by atoms with Gasteiger partial charge in [-0.15, -0.1) is 0 Å². The number of likely N-dealkylation sites (tertiary alicyclic amines) is 1. The monoisotopic (exact) mass is 290 g/mol. The van der Waals surface area contributed by atoms with Gasteiger partial charge in [0.15, 0.2) is 5.82 Å². The Balaban J connectivity index is 1.56. The van der Waals surface area contributed by atoms with Crippen LogP contribution in [0.4, 0.5) is 0 Å². The van der Waals surface area contributed by atoms with Crippen molar-refractivity contribution >= 4 is 0 Å². The molecule has 0 aliphatic carbocycles. The Kier molecular flexibility index (Phi) is 4.59. The second-order valence-corrected chi connectivity index (χ2v) is 5.59. The van der Waals surface area contributed by atoms with Gasteiger partial charge in [-0.05, 0) is 25.8 Å². The van der Waals surface area contributed by atoms with Crippen molar-refractivity contribution in [3.8, 4) is 0 Å². The van der Waals surface area contributed by atoms with Crippen molar-refractivity contribution in [3.63, 3.8) is 0 Å². The van der Waals surface area contributed by atoms with Gasteiger partial charge in [0.2, 0.25) is 5.89 Å². The SMILES string of the molecule is CCCCc1nc(CN2CCCC2Cn2cncn2)no1. The second kappa shape index (κ2) is 6.80. The fraction of sp³-hybridized carbons (Fsp3) is 0.714. The molecule has 1 saturated heterocycles. The first-order valence-corrected chi connectivity index (χ1v) is 7.73. The van der Waals surface area contributed by atoms with Gasteiger partial charge in [-0.3, -0.25) is 9.58 Å². The molecule has 0 N–H and O–H groups in total. The minimum absolute atomic E-state index is 0.476. The highest BCUT2D eigenvalue weighted by atomic mass is 16.5. The molecular formula is C14H22N6O. The third-order valence-electron chi connectivity index (χ3n) is 3.96. The maximum absolute atomic E-state index is 5.30. The number of hydrogen-bond donors (Lipinski definition) is 0. The summed E-state index contributed by atoms with van der Waals surface area (Å²) in [6.45, 7) is 4.88. The Morgan fingerprint density at radius 2 is 2.38 bits per heavy atom. The van der Waals surface area contributed by atoms with E-state index in [1.807, 2.05) is 4.68 Å². The highest BCUT2D eigenvalue weighted by molar-refractivity contribution is 4.90. The van der Waals surface area contributed by atoms with Gasteiger partial charge in [0, 0.05) is 12.5 Å². The topological polar surface area (TPSA) is 72.9 Å². The van der Waals surface area contributed by atoms with Crippen molar-refractivity contribution in [1.82, 2.24) is 29.8 Å². The Morgan fingerprint density at radius 1 is 1.43 bits per heavy atom. The van der Waals surface area contributed by atoms with Gasteiger partial charge in [-0.2, -0.15) is 10.1 Å². The molecule has 3 rings (SSSR count). The lowest BCUT2D eigenvalue weighted by Crippen LogP contribution is -2.33. The summed E-state index contributed by atoms with van der Waals surface area (Å²) in [5.41, 5.74) is 0. The zero-order valence-electron chi connectivity index (χ0n) is 12.5. The largest absolute Gasteiger partial charge is 0.339 e. The molecule has 7 nitrogen and oxygen atoms in total. The maximum atomic E-state index is 5.30. The second-order valence-electron chi connectivity index (χ2n) is 5.59. The zero-order valence-corrected chi connectivity index (χ0v) is 12.5. The van der Waals surface area contributed by atoms with E-state index < -0.39 is 0 Å². The molecule has 21 heavy (non-hydrogen) atoms. The van der Waals surface area contributed by atoms with Crippen molar-refractivity contribution in [3.05, 3.63) is 24.4 Å². The third kappa shape index (κ3) is 3.66. The Labute approximate surface area is 124 Å². The van der Waals surface area contributed by atoms with Crippen molar-refractivity contribution in [2.24, 2.45) is 0 Å². The molecule has 0 saturated carbocycles.